The molecule has 3 aromatic rings. The van der Waals surface area contributed by atoms with E-state index in [1.807, 2.05) is 18.2 Å². The first kappa shape index (κ1) is 27.6. The van der Waals surface area contributed by atoms with Gasteiger partial charge < -0.3 is 10.1 Å². The summed E-state index contributed by atoms with van der Waals surface area (Å²) in [6, 6.07) is 13.9. The number of carbonyl (C=O) groups excluding carboxylic acids is 1. The van der Waals surface area contributed by atoms with Crippen molar-refractivity contribution in [1.82, 2.24) is 9.88 Å². The average Bonchev–Trinajstić information content (AvgIpc) is 2.88. The zero-order valence-corrected chi connectivity index (χ0v) is 22.1. The van der Waals surface area contributed by atoms with Gasteiger partial charge in [-0.1, -0.05) is 45.4 Å². The molecule has 1 aromatic heterocycles. The van der Waals surface area contributed by atoms with Crippen LogP contribution in [-0.4, -0.2) is 42.0 Å². The number of carbonyl (C=O) groups is 1. The number of anilines is 1. The monoisotopic (exact) mass is 525 g/mol. The van der Waals surface area contributed by atoms with Gasteiger partial charge in [-0.15, -0.1) is 0 Å². The number of alkyl halides is 3. The summed E-state index contributed by atoms with van der Waals surface area (Å²) < 4.78 is 46.3. The molecule has 2 heterocycles. The Bertz CT molecular complexity index is 1240. The molecule has 1 aliphatic rings. The molecule has 1 saturated heterocycles. The standard InChI is InChI=1S/C30H34F3N3O2/c1-29(2,3)24-14-13-23(20-26(24)38-19-18-36-16-5-4-6-17-36)35-28(37)22-11-9-21(10-12-22)27-25(30(31,32)33)8-7-15-34-27/h7-15,20H,4-6,16-19H2,1-3H3,(H,35,37). The number of hydrogen-bond acceptors (Lipinski definition) is 4. The summed E-state index contributed by atoms with van der Waals surface area (Å²) in [5.74, 6) is 0.369. The van der Waals surface area contributed by atoms with Gasteiger partial charge in [0.2, 0.25) is 0 Å². The van der Waals surface area contributed by atoms with E-state index < -0.39 is 11.7 Å². The molecule has 5 nitrogen and oxygen atoms in total. The largest absolute Gasteiger partial charge is 0.492 e. The minimum atomic E-state index is -4.52. The van der Waals surface area contributed by atoms with E-state index in [0.717, 1.165) is 37.0 Å². The minimum absolute atomic E-state index is 0.139. The minimum Gasteiger partial charge on any atom is -0.492 e. The third-order valence-electron chi connectivity index (χ3n) is 6.69. The smallest absolute Gasteiger partial charge is 0.418 e. The van der Waals surface area contributed by atoms with Crippen LogP contribution in [0.1, 0.15) is 61.5 Å². The van der Waals surface area contributed by atoms with Crippen molar-refractivity contribution < 1.29 is 22.7 Å². The van der Waals surface area contributed by atoms with Crippen LogP contribution in [0.15, 0.2) is 60.8 Å². The Balaban J connectivity index is 1.47. The highest BCUT2D eigenvalue weighted by molar-refractivity contribution is 6.04. The number of pyridine rings is 1. The van der Waals surface area contributed by atoms with Gasteiger partial charge in [-0.2, -0.15) is 13.2 Å². The van der Waals surface area contributed by atoms with Gasteiger partial charge in [0.15, 0.2) is 0 Å². The zero-order chi connectivity index (χ0) is 27.3. The summed E-state index contributed by atoms with van der Waals surface area (Å²) in [5.41, 5.74) is 1.12. The van der Waals surface area contributed by atoms with Gasteiger partial charge in [-0.3, -0.25) is 14.7 Å². The molecular weight excluding hydrogens is 491 g/mol. The van der Waals surface area contributed by atoms with Crippen LogP contribution in [0, 0.1) is 0 Å². The number of nitrogens with zero attached hydrogens (tertiary/aromatic N) is 2. The highest BCUT2D eigenvalue weighted by Crippen LogP contribution is 2.36. The maximum Gasteiger partial charge on any atom is 0.418 e. The normalized spacial score (nSPS) is 14.8. The topological polar surface area (TPSA) is 54.5 Å². The zero-order valence-electron chi connectivity index (χ0n) is 22.1. The molecule has 0 saturated carbocycles. The third kappa shape index (κ3) is 6.92. The van der Waals surface area contributed by atoms with E-state index in [9.17, 15) is 18.0 Å². The van der Waals surface area contributed by atoms with Crippen LogP contribution in [0.5, 0.6) is 5.75 Å². The summed E-state index contributed by atoms with van der Waals surface area (Å²) in [6.45, 7) is 9.97. The summed E-state index contributed by atoms with van der Waals surface area (Å²) >= 11 is 0. The molecule has 1 amide bonds. The second-order valence-corrected chi connectivity index (χ2v) is 10.6. The van der Waals surface area contributed by atoms with Crippen molar-refractivity contribution in [2.45, 2.75) is 51.6 Å². The molecule has 0 spiro atoms. The van der Waals surface area contributed by atoms with E-state index in [4.69, 9.17) is 4.74 Å². The molecule has 1 N–H and O–H groups in total. The number of likely N-dealkylation sites (tertiary alicyclic amines) is 1. The van der Waals surface area contributed by atoms with Crippen LogP contribution in [0.4, 0.5) is 18.9 Å². The SMILES string of the molecule is CC(C)(C)c1ccc(NC(=O)c2ccc(-c3ncccc3C(F)(F)F)cc2)cc1OCCN1CCCCC1. The summed E-state index contributed by atoms with van der Waals surface area (Å²) in [7, 11) is 0. The Morgan fingerprint density at radius 2 is 1.68 bits per heavy atom. The van der Waals surface area contributed by atoms with E-state index in [0.29, 0.717) is 17.9 Å². The molecule has 8 heteroatoms. The lowest BCUT2D eigenvalue weighted by atomic mass is 9.86. The first-order valence-corrected chi connectivity index (χ1v) is 13.0. The molecule has 1 aliphatic heterocycles. The molecule has 2 aromatic carbocycles. The molecule has 38 heavy (non-hydrogen) atoms. The van der Waals surface area contributed by atoms with Gasteiger partial charge in [0, 0.05) is 35.6 Å². The highest BCUT2D eigenvalue weighted by atomic mass is 19.4. The van der Waals surface area contributed by atoms with E-state index in [-0.39, 0.29) is 22.6 Å². The fourth-order valence-electron chi connectivity index (χ4n) is 4.65. The lowest BCUT2D eigenvalue weighted by molar-refractivity contribution is -0.137. The Kier molecular flexibility index (Phi) is 8.41. The molecule has 1 fully saturated rings. The maximum atomic E-state index is 13.4. The predicted octanol–water partition coefficient (Wildman–Crippen LogP) is 7.18. The van der Waals surface area contributed by atoms with Crippen LogP contribution >= 0.6 is 0 Å². The number of hydrogen-bond donors (Lipinski definition) is 1. The van der Waals surface area contributed by atoms with Crippen molar-refractivity contribution in [3.8, 4) is 17.0 Å². The summed E-state index contributed by atoms with van der Waals surface area (Å²) in [6.07, 6.45) is 0.529. The summed E-state index contributed by atoms with van der Waals surface area (Å²) in [4.78, 5) is 19.3. The van der Waals surface area contributed by atoms with E-state index in [1.165, 1.54) is 55.8 Å². The van der Waals surface area contributed by atoms with Crippen molar-refractivity contribution >= 4 is 11.6 Å². The fourth-order valence-corrected chi connectivity index (χ4v) is 4.65. The first-order valence-electron chi connectivity index (χ1n) is 13.0. The van der Waals surface area contributed by atoms with Crippen LogP contribution in [0.2, 0.25) is 0 Å². The van der Waals surface area contributed by atoms with Crippen LogP contribution < -0.4 is 10.1 Å². The Hall–Kier alpha value is -3.39. The number of aromatic nitrogens is 1. The molecule has 0 aliphatic carbocycles. The Morgan fingerprint density at radius 1 is 0.974 bits per heavy atom. The lowest BCUT2D eigenvalue weighted by Gasteiger charge is -2.27. The highest BCUT2D eigenvalue weighted by Gasteiger charge is 2.34. The van der Waals surface area contributed by atoms with Gasteiger partial charge in [0.05, 0.1) is 11.3 Å². The molecule has 4 rings (SSSR count). The predicted molar refractivity (Wildman–Crippen MR) is 144 cm³/mol. The second-order valence-electron chi connectivity index (χ2n) is 10.6. The van der Waals surface area contributed by atoms with Crippen molar-refractivity contribution in [1.29, 1.82) is 0 Å². The average molecular weight is 526 g/mol. The van der Waals surface area contributed by atoms with Gasteiger partial charge >= 0.3 is 6.18 Å². The summed E-state index contributed by atoms with van der Waals surface area (Å²) in [5, 5.41) is 2.89. The number of benzene rings is 2. The van der Waals surface area contributed by atoms with Gasteiger partial charge in [0.25, 0.3) is 5.91 Å². The Morgan fingerprint density at radius 3 is 2.34 bits per heavy atom. The number of halogens is 3. The molecule has 0 unspecified atom stereocenters. The van der Waals surface area contributed by atoms with Crippen molar-refractivity contribution in [3.05, 3.63) is 77.5 Å². The van der Waals surface area contributed by atoms with Gasteiger partial charge in [-0.25, -0.2) is 0 Å². The van der Waals surface area contributed by atoms with Crippen molar-refractivity contribution in [3.63, 3.8) is 0 Å². The quantitative estimate of drug-likeness (QED) is 0.355. The number of ether oxygens (including phenoxy) is 1. The molecule has 202 valence electrons. The van der Waals surface area contributed by atoms with E-state index >= 15 is 0 Å². The molecule has 0 radical (unpaired) electrons. The number of rotatable bonds is 7. The molecular formula is C30H34F3N3O2. The fraction of sp³-hybridized carbons (Fsp3) is 0.400. The Labute approximate surface area is 222 Å². The number of amides is 1. The third-order valence-corrected chi connectivity index (χ3v) is 6.69. The molecule has 0 atom stereocenters. The van der Waals surface area contributed by atoms with Crippen LogP contribution in [0.25, 0.3) is 11.3 Å². The van der Waals surface area contributed by atoms with E-state index in [2.05, 4.69) is 36.0 Å². The molecule has 0 bridgehead atoms. The van der Waals surface area contributed by atoms with Crippen molar-refractivity contribution in [2.75, 3.05) is 31.6 Å². The number of nitrogens with one attached hydrogen (secondary N) is 1. The lowest BCUT2D eigenvalue weighted by Crippen LogP contribution is -2.33. The first-order chi connectivity index (χ1) is 18.0. The maximum absolute atomic E-state index is 13.4. The van der Waals surface area contributed by atoms with Crippen LogP contribution in [0.3, 0.4) is 0 Å². The van der Waals surface area contributed by atoms with Crippen LogP contribution in [-0.2, 0) is 11.6 Å². The van der Waals surface area contributed by atoms with Crippen molar-refractivity contribution in [2.24, 2.45) is 0 Å². The second kappa shape index (κ2) is 11.6. The number of piperidine rings is 1. The van der Waals surface area contributed by atoms with E-state index in [1.54, 1.807) is 0 Å². The van der Waals surface area contributed by atoms with Gasteiger partial charge in [-0.05, 0) is 67.2 Å². The van der Waals surface area contributed by atoms with Gasteiger partial charge in [0.1, 0.15) is 12.4 Å².